The molecular weight excluding hydrogens is 335 g/mol. The largest absolute Gasteiger partial charge is 0.354 e. The first-order chi connectivity index (χ1) is 11.1. The fourth-order valence-corrected chi connectivity index (χ4v) is 2.98. The predicted molar refractivity (Wildman–Crippen MR) is 93.0 cm³/mol. The standard InChI is InChI=1S/C17H20Cl2N2O2/c18-13-6-7-14(15(19)10-13)17(23)21-11-16(22)20-9-8-12-4-2-1-3-5-12/h4,6-7,10H,1-3,5,8-9,11H2,(H,20,22)(H,21,23). The molecule has 2 N–H and O–H groups in total. The van der Waals surface area contributed by atoms with E-state index in [1.54, 1.807) is 6.07 Å². The van der Waals surface area contributed by atoms with Crippen LogP contribution in [0.1, 0.15) is 42.5 Å². The Morgan fingerprint density at radius 1 is 1.13 bits per heavy atom. The van der Waals surface area contributed by atoms with Gasteiger partial charge in [0, 0.05) is 11.6 Å². The number of rotatable bonds is 6. The van der Waals surface area contributed by atoms with Gasteiger partial charge in [-0.3, -0.25) is 9.59 Å². The van der Waals surface area contributed by atoms with Crippen molar-refractivity contribution < 1.29 is 9.59 Å². The number of nitrogens with one attached hydrogen (secondary N) is 2. The fourth-order valence-electron chi connectivity index (χ4n) is 2.49. The monoisotopic (exact) mass is 354 g/mol. The van der Waals surface area contributed by atoms with Crippen LogP contribution in [0.2, 0.25) is 10.0 Å². The van der Waals surface area contributed by atoms with Gasteiger partial charge >= 0.3 is 0 Å². The van der Waals surface area contributed by atoms with Crippen molar-refractivity contribution in [1.29, 1.82) is 0 Å². The Labute approximate surface area is 146 Å². The molecule has 0 bridgehead atoms. The summed E-state index contributed by atoms with van der Waals surface area (Å²) in [5.41, 5.74) is 1.71. The Balaban J connectivity index is 1.71. The maximum absolute atomic E-state index is 12.0. The van der Waals surface area contributed by atoms with Crippen molar-refractivity contribution in [3.8, 4) is 0 Å². The predicted octanol–water partition coefficient (Wildman–Crippen LogP) is 3.73. The number of carbonyl (C=O) groups is 2. The van der Waals surface area contributed by atoms with Crippen LogP contribution in [0.3, 0.4) is 0 Å². The highest BCUT2D eigenvalue weighted by molar-refractivity contribution is 6.36. The van der Waals surface area contributed by atoms with Crippen LogP contribution in [-0.2, 0) is 4.79 Å². The van der Waals surface area contributed by atoms with E-state index in [0.717, 1.165) is 19.3 Å². The number of hydrogen-bond acceptors (Lipinski definition) is 2. The van der Waals surface area contributed by atoms with Crippen molar-refractivity contribution >= 4 is 35.0 Å². The third kappa shape index (κ3) is 5.88. The smallest absolute Gasteiger partial charge is 0.253 e. The van der Waals surface area contributed by atoms with Gasteiger partial charge in [0.2, 0.25) is 5.91 Å². The lowest BCUT2D eigenvalue weighted by atomic mass is 9.97. The van der Waals surface area contributed by atoms with Crippen LogP contribution in [0.15, 0.2) is 29.8 Å². The zero-order valence-electron chi connectivity index (χ0n) is 12.8. The fraction of sp³-hybridized carbons (Fsp3) is 0.412. The van der Waals surface area contributed by atoms with Crippen molar-refractivity contribution in [2.24, 2.45) is 0 Å². The summed E-state index contributed by atoms with van der Waals surface area (Å²) in [6, 6.07) is 4.61. The highest BCUT2D eigenvalue weighted by Gasteiger charge is 2.12. The van der Waals surface area contributed by atoms with Crippen LogP contribution in [0.25, 0.3) is 0 Å². The molecule has 4 nitrogen and oxygen atoms in total. The molecule has 0 atom stereocenters. The number of allylic oxidation sites excluding steroid dienone is 1. The second-order valence-electron chi connectivity index (χ2n) is 5.51. The van der Waals surface area contributed by atoms with Crippen LogP contribution in [0, 0.1) is 0 Å². The molecule has 0 unspecified atom stereocenters. The van der Waals surface area contributed by atoms with Gasteiger partial charge in [-0.05, 0) is 50.3 Å². The topological polar surface area (TPSA) is 58.2 Å². The lowest BCUT2D eigenvalue weighted by Crippen LogP contribution is -2.37. The Kier molecular flexibility index (Phi) is 6.93. The molecule has 1 aliphatic rings. The summed E-state index contributed by atoms with van der Waals surface area (Å²) in [5, 5.41) is 6.09. The van der Waals surface area contributed by atoms with E-state index in [0.29, 0.717) is 17.1 Å². The molecule has 1 aromatic rings. The molecule has 0 fully saturated rings. The lowest BCUT2D eigenvalue weighted by molar-refractivity contribution is -0.120. The third-order valence-electron chi connectivity index (χ3n) is 3.74. The third-order valence-corrected chi connectivity index (χ3v) is 4.29. The van der Waals surface area contributed by atoms with Crippen LogP contribution in [-0.4, -0.2) is 24.9 Å². The Morgan fingerprint density at radius 2 is 1.96 bits per heavy atom. The van der Waals surface area contributed by atoms with E-state index < -0.39 is 5.91 Å². The average molecular weight is 355 g/mol. The van der Waals surface area contributed by atoms with Gasteiger partial charge in [0.15, 0.2) is 0 Å². The number of amides is 2. The summed E-state index contributed by atoms with van der Waals surface area (Å²) in [6.45, 7) is 0.527. The van der Waals surface area contributed by atoms with Gasteiger partial charge in [-0.25, -0.2) is 0 Å². The van der Waals surface area contributed by atoms with Gasteiger partial charge < -0.3 is 10.6 Å². The van der Waals surface area contributed by atoms with Crippen LogP contribution in [0.4, 0.5) is 0 Å². The maximum Gasteiger partial charge on any atom is 0.253 e. The zero-order valence-corrected chi connectivity index (χ0v) is 14.3. The minimum Gasteiger partial charge on any atom is -0.354 e. The molecule has 0 aliphatic heterocycles. The average Bonchev–Trinajstić information content (AvgIpc) is 2.53. The molecular formula is C17H20Cl2N2O2. The SMILES string of the molecule is O=C(CNC(=O)c1ccc(Cl)cc1Cl)NCCC1=CCCCC1. The molecule has 0 radical (unpaired) electrons. The van der Waals surface area contributed by atoms with E-state index in [1.165, 1.54) is 30.5 Å². The molecule has 1 aromatic carbocycles. The second-order valence-corrected chi connectivity index (χ2v) is 6.36. The molecule has 124 valence electrons. The molecule has 0 spiro atoms. The van der Waals surface area contributed by atoms with Gasteiger partial charge in [0.05, 0.1) is 17.1 Å². The molecule has 0 aromatic heterocycles. The number of benzene rings is 1. The van der Waals surface area contributed by atoms with Crippen LogP contribution >= 0.6 is 23.2 Å². The Bertz CT molecular complexity index is 615. The maximum atomic E-state index is 12.0. The minimum atomic E-state index is -0.392. The number of carbonyl (C=O) groups excluding carboxylic acids is 2. The normalized spacial score (nSPS) is 14.1. The number of halogens is 2. The first-order valence-electron chi connectivity index (χ1n) is 7.74. The quantitative estimate of drug-likeness (QED) is 0.764. The summed E-state index contributed by atoms with van der Waals surface area (Å²) in [7, 11) is 0. The second kappa shape index (κ2) is 8.94. The highest BCUT2D eigenvalue weighted by atomic mass is 35.5. The van der Waals surface area contributed by atoms with Crippen molar-refractivity contribution in [3.63, 3.8) is 0 Å². The zero-order chi connectivity index (χ0) is 16.7. The van der Waals surface area contributed by atoms with E-state index in [-0.39, 0.29) is 17.5 Å². The molecule has 23 heavy (non-hydrogen) atoms. The first kappa shape index (κ1) is 17.8. The molecule has 2 rings (SSSR count). The van der Waals surface area contributed by atoms with E-state index in [2.05, 4.69) is 16.7 Å². The first-order valence-corrected chi connectivity index (χ1v) is 8.49. The molecule has 0 saturated carbocycles. The lowest BCUT2D eigenvalue weighted by Gasteiger charge is -2.13. The van der Waals surface area contributed by atoms with Gasteiger partial charge in [-0.15, -0.1) is 0 Å². The van der Waals surface area contributed by atoms with Gasteiger partial charge in [-0.1, -0.05) is 34.9 Å². The molecule has 0 heterocycles. The summed E-state index contributed by atoms with van der Waals surface area (Å²) in [5.74, 6) is -0.600. The van der Waals surface area contributed by atoms with Crippen molar-refractivity contribution in [1.82, 2.24) is 10.6 Å². The summed E-state index contributed by atoms with van der Waals surface area (Å²) >= 11 is 11.7. The molecule has 2 amide bonds. The molecule has 1 aliphatic carbocycles. The highest BCUT2D eigenvalue weighted by Crippen LogP contribution is 2.21. The van der Waals surface area contributed by atoms with Crippen molar-refractivity contribution in [3.05, 3.63) is 45.5 Å². The van der Waals surface area contributed by atoms with Crippen molar-refractivity contribution in [2.45, 2.75) is 32.1 Å². The summed E-state index contributed by atoms with van der Waals surface area (Å²) < 4.78 is 0. The summed E-state index contributed by atoms with van der Waals surface area (Å²) in [6.07, 6.45) is 7.90. The van der Waals surface area contributed by atoms with E-state index >= 15 is 0 Å². The van der Waals surface area contributed by atoms with Crippen molar-refractivity contribution in [2.75, 3.05) is 13.1 Å². The Morgan fingerprint density at radius 3 is 2.65 bits per heavy atom. The van der Waals surface area contributed by atoms with E-state index in [4.69, 9.17) is 23.2 Å². The molecule has 6 heteroatoms. The van der Waals surface area contributed by atoms with Gasteiger partial charge in [0.1, 0.15) is 0 Å². The van der Waals surface area contributed by atoms with E-state index in [9.17, 15) is 9.59 Å². The molecule has 0 saturated heterocycles. The Hall–Kier alpha value is -1.52. The van der Waals surface area contributed by atoms with Crippen LogP contribution < -0.4 is 10.6 Å². The number of hydrogen-bond donors (Lipinski definition) is 2. The van der Waals surface area contributed by atoms with E-state index in [1.807, 2.05) is 0 Å². The van der Waals surface area contributed by atoms with Crippen LogP contribution in [0.5, 0.6) is 0 Å². The minimum absolute atomic E-state index is 0.0726. The van der Waals surface area contributed by atoms with Gasteiger partial charge in [-0.2, -0.15) is 0 Å². The summed E-state index contributed by atoms with van der Waals surface area (Å²) in [4.78, 5) is 23.7. The van der Waals surface area contributed by atoms with Gasteiger partial charge in [0.25, 0.3) is 5.91 Å².